The van der Waals surface area contributed by atoms with Gasteiger partial charge in [-0.25, -0.2) is 9.18 Å². The van der Waals surface area contributed by atoms with Crippen molar-refractivity contribution in [2.75, 3.05) is 0 Å². The first kappa shape index (κ1) is 18.7. The molecule has 130 valence electrons. The van der Waals surface area contributed by atoms with Crippen molar-refractivity contribution in [1.29, 1.82) is 0 Å². The predicted molar refractivity (Wildman–Crippen MR) is 99.5 cm³/mol. The highest BCUT2D eigenvalue weighted by Gasteiger charge is 2.11. The lowest BCUT2D eigenvalue weighted by atomic mass is 10.1. The number of aromatic nitrogens is 2. The third-order valence-corrected chi connectivity index (χ3v) is 3.96. The standard InChI is InChI=1S/C19H18ClFN2O2/c1-4-15(8-5-13(2)21)17-11-18(24)23(19(25)22(17)3)12-14-6-9-16(20)10-7-14/h4-11H,2,12H2,1,3H3/b8-5-,15-4+. The van der Waals surface area contributed by atoms with E-state index in [0.717, 1.165) is 10.1 Å². The van der Waals surface area contributed by atoms with Crippen LogP contribution in [0, 0.1) is 0 Å². The van der Waals surface area contributed by atoms with Crippen LogP contribution in [0.25, 0.3) is 5.57 Å². The van der Waals surface area contributed by atoms with Gasteiger partial charge in [0.15, 0.2) is 0 Å². The monoisotopic (exact) mass is 360 g/mol. The van der Waals surface area contributed by atoms with Gasteiger partial charge >= 0.3 is 5.69 Å². The molecule has 1 aromatic heterocycles. The average molecular weight is 361 g/mol. The zero-order valence-electron chi connectivity index (χ0n) is 14.0. The van der Waals surface area contributed by atoms with Gasteiger partial charge in [-0.15, -0.1) is 0 Å². The number of rotatable bonds is 5. The molecule has 0 saturated heterocycles. The Bertz CT molecular complexity index is 966. The molecular formula is C19H18ClFN2O2. The molecule has 0 radical (unpaired) electrons. The highest BCUT2D eigenvalue weighted by Crippen LogP contribution is 2.14. The summed E-state index contributed by atoms with van der Waals surface area (Å²) in [7, 11) is 1.57. The third-order valence-electron chi connectivity index (χ3n) is 3.71. The molecule has 0 bridgehead atoms. The van der Waals surface area contributed by atoms with Crippen molar-refractivity contribution in [3.8, 4) is 0 Å². The molecule has 2 aromatic rings. The fourth-order valence-electron chi connectivity index (χ4n) is 2.37. The van der Waals surface area contributed by atoms with Crippen molar-refractivity contribution < 1.29 is 4.39 Å². The molecule has 0 aliphatic carbocycles. The molecule has 0 atom stereocenters. The maximum absolute atomic E-state index is 12.9. The van der Waals surface area contributed by atoms with Gasteiger partial charge < -0.3 is 0 Å². The minimum atomic E-state index is -0.611. The summed E-state index contributed by atoms with van der Waals surface area (Å²) >= 11 is 5.85. The molecule has 0 N–H and O–H groups in total. The van der Waals surface area contributed by atoms with Gasteiger partial charge in [0.1, 0.15) is 5.83 Å². The van der Waals surface area contributed by atoms with Crippen LogP contribution in [0.1, 0.15) is 18.2 Å². The van der Waals surface area contributed by atoms with E-state index in [0.29, 0.717) is 16.3 Å². The molecule has 6 heteroatoms. The van der Waals surface area contributed by atoms with Gasteiger partial charge in [-0.05, 0) is 36.3 Å². The Morgan fingerprint density at radius 2 is 1.88 bits per heavy atom. The Morgan fingerprint density at radius 1 is 1.24 bits per heavy atom. The lowest BCUT2D eigenvalue weighted by molar-refractivity contribution is 0.634. The maximum Gasteiger partial charge on any atom is 0.331 e. The number of nitrogens with zero attached hydrogens (tertiary/aromatic N) is 2. The van der Waals surface area contributed by atoms with Crippen molar-refractivity contribution in [2.45, 2.75) is 13.5 Å². The Hall–Kier alpha value is -2.66. The zero-order valence-corrected chi connectivity index (χ0v) is 14.8. The van der Waals surface area contributed by atoms with Gasteiger partial charge in [0.05, 0.1) is 12.2 Å². The third kappa shape index (κ3) is 4.45. The number of benzene rings is 1. The van der Waals surface area contributed by atoms with Gasteiger partial charge in [0, 0.05) is 18.1 Å². The zero-order chi connectivity index (χ0) is 18.6. The van der Waals surface area contributed by atoms with Crippen molar-refractivity contribution in [3.63, 3.8) is 0 Å². The Morgan fingerprint density at radius 3 is 2.44 bits per heavy atom. The second-order valence-corrected chi connectivity index (χ2v) is 5.88. The molecule has 25 heavy (non-hydrogen) atoms. The molecule has 0 amide bonds. The normalized spacial score (nSPS) is 11.9. The quantitative estimate of drug-likeness (QED) is 0.763. The topological polar surface area (TPSA) is 44.0 Å². The Labute approximate surface area is 149 Å². The molecule has 1 heterocycles. The van der Waals surface area contributed by atoms with E-state index >= 15 is 0 Å². The fraction of sp³-hybridized carbons (Fsp3) is 0.158. The first-order valence-electron chi connectivity index (χ1n) is 7.58. The molecule has 0 aliphatic rings. The molecule has 1 aromatic carbocycles. The summed E-state index contributed by atoms with van der Waals surface area (Å²) in [6.45, 7) is 5.04. The Kier molecular flexibility index (Phi) is 5.93. The van der Waals surface area contributed by atoms with Crippen LogP contribution in [0.4, 0.5) is 4.39 Å². The summed E-state index contributed by atoms with van der Waals surface area (Å²) in [4.78, 5) is 25.0. The van der Waals surface area contributed by atoms with Gasteiger partial charge in [-0.3, -0.25) is 13.9 Å². The second-order valence-electron chi connectivity index (χ2n) is 5.45. The van der Waals surface area contributed by atoms with Crippen LogP contribution in [0.15, 0.2) is 70.6 Å². The van der Waals surface area contributed by atoms with E-state index in [1.54, 1.807) is 44.3 Å². The van der Waals surface area contributed by atoms with Crippen LogP contribution < -0.4 is 11.2 Å². The minimum absolute atomic E-state index is 0.144. The van der Waals surface area contributed by atoms with Gasteiger partial charge in [-0.1, -0.05) is 42.5 Å². The van der Waals surface area contributed by atoms with Crippen LogP contribution in [0.2, 0.25) is 5.02 Å². The van der Waals surface area contributed by atoms with Gasteiger partial charge in [0.2, 0.25) is 0 Å². The lowest BCUT2D eigenvalue weighted by Crippen LogP contribution is -2.40. The molecule has 0 aliphatic heterocycles. The molecule has 4 nitrogen and oxygen atoms in total. The van der Waals surface area contributed by atoms with Crippen LogP contribution in [-0.2, 0) is 13.6 Å². The smallest absolute Gasteiger partial charge is 0.296 e. The van der Waals surface area contributed by atoms with E-state index in [9.17, 15) is 14.0 Å². The summed E-state index contributed by atoms with van der Waals surface area (Å²) in [5.74, 6) is -0.611. The fourth-order valence-corrected chi connectivity index (χ4v) is 2.50. The highest BCUT2D eigenvalue weighted by molar-refractivity contribution is 6.30. The summed E-state index contributed by atoms with van der Waals surface area (Å²) in [5.41, 5.74) is 0.858. The van der Waals surface area contributed by atoms with Crippen LogP contribution in [-0.4, -0.2) is 9.13 Å². The van der Waals surface area contributed by atoms with Gasteiger partial charge in [0.25, 0.3) is 5.56 Å². The predicted octanol–water partition coefficient (Wildman–Crippen LogP) is 3.69. The van der Waals surface area contributed by atoms with Crippen LogP contribution in [0.5, 0.6) is 0 Å². The number of allylic oxidation sites excluding steroid dienone is 5. The van der Waals surface area contributed by atoms with E-state index in [1.165, 1.54) is 22.8 Å². The van der Waals surface area contributed by atoms with Crippen molar-refractivity contribution in [3.05, 3.63) is 98.1 Å². The van der Waals surface area contributed by atoms with Crippen molar-refractivity contribution in [1.82, 2.24) is 9.13 Å². The van der Waals surface area contributed by atoms with Crippen molar-refractivity contribution in [2.24, 2.45) is 7.05 Å². The highest BCUT2D eigenvalue weighted by atomic mass is 35.5. The van der Waals surface area contributed by atoms with E-state index < -0.39 is 17.1 Å². The molecule has 2 rings (SSSR count). The Balaban J connectivity index is 2.49. The first-order chi connectivity index (χ1) is 11.8. The lowest BCUT2D eigenvalue weighted by Gasteiger charge is -2.12. The van der Waals surface area contributed by atoms with Crippen LogP contribution in [0.3, 0.4) is 0 Å². The number of hydrogen-bond donors (Lipinski definition) is 0. The maximum atomic E-state index is 12.9. The van der Waals surface area contributed by atoms with E-state index in [4.69, 9.17) is 11.6 Å². The molecule has 0 fully saturated rings. The molecule has 0 spiro atoms. The number of halogens is 2. The largest absolute Gasteiger partial charge is 0.331 e. The summed E-state index contributed by atoms with van der Waals surface area (Å²) in [5, 5.41) is 0.582. The van der Waals surface area contributed by atoms with E-state index in [2.05, 4.69) is 6.58 Å². The van der Waals surface area contributed by atoms with Crippen LogP contribution >= 0.6 is 11.6 Å². The van der Waals surface area contributed by atoms with Crippen molar-refractivity contribution >= 4 is 17.2 Å². The summed E-state index contributed by atoms with van der Waals surface area (Å²) < 4.78 is 15.4. The number of hydrogen-bond acceptors (Lipinski definition) is 2. The molecule has 0 unspecified atom stereocenters. The van der Waals surface area contributed by atoms with Gasteiger partial charge in [-0.2, -0.15) is 0 Å². The first-order valence-corrected chi connectivity index (χ1v) is 7.95. The second kappa shape index (κ2) is 7.94. The SMILES string of the molecule is C=C(F)/C=C\C(=C/C)c1cc(=O)n(Cc2ccc(Cl)cc2)c(=O)n1C. The minimum Gasteiger partial charge on any atom is -0.296 e. The van der Waals surface area contributed by atoms with E-state index in [1.807, 2.05) is 0 Å². The summed E-state index contributed by atoms with van der Waals surface area (Å²) in [6.07, 6.45) is 4.34. The average Bonchev–Trinajstić information content (AvgIpc) is 2.58. The molecular weight excluding hydrogens is 343 g/mol. The van der Waals surface area contributed by atoms with E-state index in [-0.39, 0.29) is 6.54 Å². The molecule has 0 saturated carbocycles. The summed E-state index contributed by atoms with van der Waals surface area (Å²) in [6, 6.07) is 8.28.